The van der Waals surface area contributed by atoms with E-state index < -0.39 is 0 Å². The summed E-state index contributed by atoms with van der Waals surface area (Å²) in [4.78, 5) is 21.7. The standard InChI is InChI=1S/C18H21N3O2S/c22-18(21-7-3-5-14-4-1-2-6-16(14)21)15-13-24-17(19-15)12-20-8-10-23-11-9-20/h1-2,4,6,13H,3,5,7-12H2. The van der Waals surface area contributed by atoms with Crippen LogP contribution in [0.1, 0.15) is 27.5 Å². The molecular formula is C18H21N3O2S. The maximum absolute atomic E-state index is 12.9. The lowest BCUT2D eigenvalue weighted by Crippen LogP contribution is -2.36. The molecule has 24 heavy (non-hydrogen) atoms. The van der Waals surface area contributed by atoms with Crippen molar-refractivity contribution in [1.82, 2.24) is 9.88 Å². The number of morpholine rings is 1. The Morgan fingerprint density at radius 2 is 2.04 bits per heavy atom. The van der Waals surface area contributed by atoms with E-state index in [0.29, 0.717) is 5.69 Å². The number of hydrogen-bond acceptors (Lipinski definition) is 5. The number of aromatic nitrogens is 1. The highest BCUT2D eigenvalue weighted by Gasteiger charge is 2.25. The van der Waals surface area contributed by atoms with Crippen molar-refractivity contribution in [2.75, 3.05) is 37.7 Å². The van der Waals surface area contributed by atoms with E-state index in [2.05, 4.69) is 16.0 Å². The molecule has 1 fully saturated rings. The van der Waals surface area contributed by atoms with Crippen LogP contribution in [0.5, 0.6) is 0 Å². The summed E-state index contributed by atoms with van der Waals surface area (Å²) in [6.45, 7) is 5.00. The maximum Gasteiger partial charge on any atom is 0.277 e. The molecular weight excluding hydrogens is 322 g/mol. The normalized spacial score (nSPS) is 18.4. The van der Waals surface area contributed by atoms with Crippen molar-refractivity contribution >= 4 is 22.9 Å². The van der Waals surface area contributed by atoms with Gasteiger partial charge in [-0.2, -0.15) is 0 Å². The fraction of sp³-hybridized carbons (Fsp3) is 0.444. The molecule has 3 heterocycles. The van der Waals surface area contributed by atoms with Crippen LogP contribution in [0.25, 0.3) is 0 Å². The fourth-order valence-corrected chi connectivity index (χ4v) is 4.12. The number of aryl methyl sites for hydroxylation is 1. The predicted molar refractivity (Wildman–Crippen MR) is 94.6 cm³/mol. The number of nitrogens with zero attached hydrogens (tertiary/aromatic N) is 3. The molecule has 2 aliphatic rings. The number of fused-ring (bicyclic) bond motifs is 1. The number of carbonyl (C=O) groups is 1. The molecule has 4 rings (SSSR count). The number of hydrogen-bond donors (Lipinski definition) is 0. The summed E-state index contributed by atoms with van der Waals surface area (Å²) in [6, 6.07) is 8.18. The number of benzene rings is 1. The Kier molecular flexibility index (Phi) is 4.60. The van der Waals surface area contributed by atoms with Gasteiger partial charge in [0, 0.05) is 30.7 Å². The quantitative estimate of drug-likeness (QED) is 0.859. The van der Waals surface area contributed by atoms with Gasteiger partial charge in [0.25, 0.3) is 5.91 Å². The molecule has 2 aromatic rings. The summed E-state index contributed by atoms with van der Waals surface area (Å²) in [6.07, 6.45) is 2.05. The van der Waals surface area contributed by atoms with Crippen molar-refractivity contribution in [3.8, 4) is 0 Å². The topological polar surface area (TPSA) is 45.7 Å². The zero-order valence-corrected chi connectivity index (χ0v) is 14.4. The third-order valence-corrected chi connectivity index (χ3v) is 5.42. The lowest BCUT2D eigenvalue weighted by molar-refractivity contribution is 0.0341. The molecule has 0 bridgehead atoms. The van der Waals surface area contributed by atoms with Crippen molar-refractivity contribution in [2.24, 2.45) is 0 Å². The highest BCUT2D eigenvalue weighted by Crippen LogP contribution is 2.28. The summed E-state index contributed by atoms with van der Waals surface area (Å²) < 4.78 is 5.37. The first-order valence-corrected chi connectivity index (χ1v) is 9.33. The van der Waals surface area contributed by atoms with Crippen LogP contribution in [-0.4, -0.2) is 48.6 Å². The van der Waals surface area contributed by atoms with Crippen LogP contribution in [0.2, 0.25) is 0 Å². The second kappa shape index (κ2) is 7.01. The first-order chi connectivity index (χ1) is 11.8. The number of para-hydroxylation sites is 1. The number of thiazole rings is 1. The highest BCUT2D eigenvalue weighted by molar-refractivity contribution is 7.09. The van der Waals surface area contributed by atoms with E-state index in [0.717, 1.165) is 62.9 Å². The van der Waals surface area contributed by atoms with Crippen molar-refractivity contribution in [2.45, 2.75) is 19.4 Å². The van der Waals surface area contributed by atoms with E-state index in [1.165, 1.54) is 5.56 Å². The van der Waals surface area contributed by atoms with Crippen LogP contribution in [0.15, 0.2) is 29.6 Å². The minimum absolute atomic E-state index is 0.0200. The first kappa shape index (κ1) is 15.7. The van der Waals surface area contributed by atoms with Gasteiger partial charge in [-0.15, -0.1) is 11.3 Å². The lowest BCUT2D eigenvalue weighted by atomic mass is 10.0. The molecule has 1 aromatic carbocycles. The van der Waals surface area contributed by atoms with Gasteiger partial charge in [-0.1, -0.05) is 18.2 Å². The van der Waals surface area contributed by atoms with Crippen LogP contribution in [0, 0.1) is 0 Å². The van der Waals surface area contributed by atoms with E-state index in [1.807, 2.05) is 28.5 Å². The summed E-state index contributed by atoms with van der Waals surface area (Å²) in [5.41, 5.74) is 2.86. The molecule has 0 saturated carbocycles. The van der Waals surface area contributed by atoms with Crippen molar-refractivity contribution < 1.29 is 9.53 Å². The molecule has 1 saturated heterocycles. The van der Waals surface area contributed by atoms with Crippen molar-refractivity contribution in [3.05, 3.63) is 45.9 Å². The Bertz CT molecular complexity index is 725. The third kappa shape index (κ3) is 3.22. The summed E-state index contributed by atoms with van der Waals surface area (Å²) in [7, 11) is 0. The molecule has 5 nitrogen and oxygen atoms in total. The van der Waals surface area contributed by atoms with Crippen LogP contribution < -0.4 is 4.90 Å². The van der Waals surface area contributed by atoms with Gasteiger partial charge >= 0.3 is 0 Å². The molecule has 0 spiro atoms. The summed E-state index contributed by atoms with van der Waals surface area (Å²) in [5, 5.41) is 2.90. The molecule has 0 unspecified atom stereocenters. The first-order valence-electron chi connectivity index (χ1n) is 8.45. The van der Waals surface area contributed by atoms with Gasteiger partial charge in [0.05, 0.1) is 19.8 Å². The molecule has 126 valence electrons. The predicted octanol–water partition coefficient (Wildman–Crippen LogP) is 2.57. The number of carbonyl (C=O) groups excluding carboxylic acids is 1. The smallest absolute Gasteiger partial charge is 0.277 e. The zero-order valence-electron chi connectivity index (χ0n) is 13.6. The Balaban J connectivity index is 1.49. The second-order valence-electron chi connectivity index (χ2n) is 6.20. The molecule has 0 aliphatic carbocycles. The van der Waals surface area contributed by atoms with Crippen LogP contribution in [0.3, 0.4) is 0 Å². The number of rotatable bonds is 3. The Morgan fingerprint density at radius 3 is 2.92 bits per heavy atom. The van der Waals surface area contributed by atoms with Gasteiger partial charge in [0.2, 0.25) is 0 Å². The minimum atomic E-state index is 0.0200. The van der Waals surface area contributed by atoms with Gasteiger partial charge in [-0.3, -0.25) is 9.69 Å². The molecule has 2 aliphatic heterocycles. The maximum atomic E-state index is 12.9. The third-order valence-electron chi connectivity index (χ3n) is 4.59. The summed E-state index contributed by atoms with van der Waals surface area (Å²) in [5.74, 6) is 0.0200. The van der Waals surface area contributed by atoms with Gasteiger partial charge in [0.1, 0.15) is 10.7 Å². The zero-order chi connectivity index (χ0) is 16.4. The van der Waals surface area contributed by atoms with E-state index in [1.54, 1.807) is 11.3 Å². The average Bonchev–Trinajstić information content (AvgIpc) is 3.10. The van der Waals surface area contributed by atoms with E-state index >= 15 is 0 Å². The van der Waals surface area contributed by atoms with E-state index in [-0.39, 0.29) is 5.91 Å². The van der Waals surface area contributed by atoms with Crippen molar-refractivity contribution in [1.29, 1.82) is 0 Å². The van der Waals surface area contributed by atoms with Gasteiger partial charge in [0.15, 0.2) is 0 Å². The van der Waals surface area contributed by atoms with Gasteiger partial charge < -0.3 is 9.64 Å². The van der Waals surface area contributed by atoms with Gasteiger partial charge in [-0.25, -0.2) is 4.98 Å². The summed E-state index contributed by atoms with van der Waals surface area (Å²) >= 11 is 1.58. The second-order valence-corrected chi connectivity index (χ2v) is 7.15. The molecule has 0 atom stereocenters. The van der Waals surface area contributed by atoms with Crippen LogP contribution >= 0.6 is 11.3 Å². The number of ether oxygens (including phenoxy) is 1. The fourth-order valence-electron chi connectivity index (χ4n) is 3.32. The van der Waals surface area contributed by atoms with Crippen LogP contribution in [-0.2, 0) is 17.7 Å². The van der Waals surface area contributed by atoms with E-state index in [4.69, 9.17) is 4.74 Å². The largest absolute Gasteiger partial charge is 0.379 e. The Morgan fingerprint density at radius 1 is 1.21 bits per heavy atom. The van der Waals surface area contributed by atoms with E-state index in [9.17, 15) is 4.79 Å². The number of anilines is 1. The monoisotopic (exact) mass is 343 g/mol. The molecule has 0 radical (unpaired) electrons. The van der Waals surface area contributed by atoms with Gasteiger partial charge in [-0.05, 0) is 24.5 Å². The molecule has 6 heteroatoms. The highest BCUT2D eigenvalue weighted by atomic mass is 32.1. The molecule has 1 aromatic heterocycles. The van der Waals surface area contributed by atoms with Crippen LogP contribution in [0.4, 0.5) is 5.69 Å². The molecule has 0 N–H and O–H groups in total. The Labute approximate surface area is 145 Å². The number of amides is 1. The SMILES string of the molecule is O=C(c1csc(CN2CCOCC2)n1)N1CCCc2ccccc21. The average molecular weight is 343 g/mol. The van der Waals surface area contributed by atoms with Crippen molar-refractivity contribution in [3.63, 3.8) is 0 Å². The lowest BCUT2D eigenvalue weighted by Gasteiger charge is -2.28. The molecule has 1 amide bonds. The Hall–Kier alpha value is -1.76. The minimum Gasteiger partial charge on any atom is -0.379 e.